The average molecular weight is 448 g/mol. The third-order valence-electron chi connectivity index (χ3n) is 6.54. The molecule has 0 radical (unpaired) electrons. The third-order valence-corrected chi connectivity index (χ3v) is 6.77. The molecule has 3 aromatic rings. The zero-order valence-corrected chi connectivity index (χ0v) is 19.5. The van der Waals surface area contributed by atoms with Crippen molar-refractivity contribution in [3.05, 3.63) is 98.6 Å². The van der Waals surface area contributed by atoms with E-state index in [0.29, 0.717) is 28.4 Å². The Hall–Kier alpha value is -2.95. The highest BCUT2D eigenvalue weighted by Crippen LogP contribution is 2.45. The first-order valence-electron chi connectivity index (χ1n) is 10.6. The number of aryl methyl sites for hydroxylation is 2. The summed E-state index contributed by atoms with van der Waals surface area (Å²) in [6.07, 6.45) is -0.338. The minimum Gasteiger partial charge on any atom is -0.375 e. The van der Waals surface area contributed by atoms with Gasteiger partial charge in [-0.1, -0.05) is 48.0 Å². The first kappa shape index (κ1) is 22.3. The summed E-state index contributed by atoms with van der Waals surface area (Å²) in [6.45, 7) is 8.03. The Morgan fingerprint density at radius 2 is 1.59 bits per heavy atom. The van der Waals surface area contributed by atoms with Gasteiger partial charge in [0.25, 0.3) is 5.91 Å². The summed E-state index contributed by atoms with van der Waals surface area (Å²) in [5.74, 6) is -0.762. The molecule has 0 aliphatic carbocycles. The maximum absolute atomic E-state index is 13.6. The molecule has 1 atom stereocenters. The number of halogens is 1. The molecule has 5 heteroatoms. The van der Waals surface area contributed by atoms with E-state index in [1.807, 2.05) is 64.1 Å². The number of hydrogen-bond donors (Lipinski definition) is 1. The van der Waals surface area contributed by atoms with Gasteiger partial charge in [0.2, 0.25) is 0 Å². The Morgan fingerprint density at radius 3 is 2.22 bits per heavy atom. The first-order valence-corrected chi connectivity index (χ1v) is 11.0. The number of carbonyl (C=O) groups is 2. The maximum atomic E-state index is 13.6. The largest absolute Gasteiger partial charge is 0.375 e. The van der Waals surface area contributed by atoms with E-state index < -0.39 is 11.5 Å². The van der Waals surface area contributed by atoms with Crippen LogP contribution in [-0.2, 0) is 16.9 Å². The molecule has 1 heterocycles. The van der Waals surface area contributed by atoms with Gasteiger partial charge in [0.1, 0.15) is 0 Å². The number of aliphatic hydroxyl groups is 1. The Morgan fingerprint density at radius 1 is 0.969 bits per heavy atom. The van der Waals surface area contributed by atoms with Crippen molar-refractivity contribution in [2.45, 2.75) is 46.3 Å². The van der Waals surface area contributed by atoms with Crippen molar-refractivity contribution in [3.8, 4) is 0 Å². The van der Waals surface area contributed by atoms with E-state index in [2.05, 4.69) is 0 Å². The van der Waals surface area contributed by atoms with Gasteiger partial charge in [-0.3, -0.25) is 9.59 Å². The molecular formula is C27H26ClNO3. The average Bonchev–Trinajstić information content (AvgIpc) is 2.94. The molecule has 1 N–H and O–H groups in total. The monoisotopic (exact) mass is 447 g/mol. The van der Waals surface area contributed by atoms with Gasteiger partial charge in [-0.25, -0.2) is 0 Å². The van der Waals surface area contributed by atoms with Crippen LogP contribution in [0.1, 0.15) is 50.2 Å². The van der Waals surface area contributed by atoms with E-state index in [1.165, 1.54) is 4.90 Å². The molecule has 3 aromatic carbocycles. The number of benzene rings is 3. The molecule has 0 aromatic heterocycles. The number of carbonyl (C=O) groups excluding carboxylic acids is 2. The molecule has 4 nitrogen and oxygen atoms in total. The zero-order valence-electron chi connectivity index (χ0n) is 18.7. The zero-order chi connectivity index (χ0) is 23.2. The predicted octanol–water partition coefficient (Wildman–Crippen LogP) is 5.58. The number of nitrogens with zero attached hydrogens (tertiary/aromatic N) is 1. The first-order chi connectivity index (χ1) is 15.1. The van der Waals surface area contributed by atoms with Crippen LogP contribution in [-0.4, -0.2) is 16.8 Å². The van der Waals surface area contributed by atoms with Crippen LogP contribution in [0.25, 0.3) is 0 Å². The highest BCUT2D eigenvalue weighted by molar-refractivity contribution is 6.31. The molecule has 164 valence electrons. The molecule has 1 amide bonds. The fourth-order valence-corrected chi connectivity index (χ4v) is 4.74. The third kappa shape index (κ3) is 3.64. The van der Waals surface area contributed by atoms with Gasteiger partial charge in [-0.15, -0.1) is 0 Å². The highest BCUT2D eigenvalue weighted by atomic mass is 35.5. The Bertz CT molecular complexity index is 1210. The molecule has 0 spiro atoms. The van der Waals surface area contributed by atoms with E-state index >= 15 is 0 Å². The van der Waals surface area contributed by atoms with E-state index in [1.54, 1.807) is 18.2 Å². The van der Waals surface area contributed by atoms with Crippen molar-refractivity contribution >= 4 is 29.0 Å². The Balaban J connectivity index is 1.77. The quantitative estimate of drug-likeness (QED) is 0.519. The summed E-state index contributed by atoms with van der Waals surface area (Å²) in [7, 11) is 0. The molecule has 0 unspecified atom stereocenters. The van der Waals surface area contributed by atoms with Crippen LogP contribution in [0.5, 0.6) is 0 Å². The molecule has 4 rings (SSSR count). The van der Waals surface area contributed by atoms with E-state index in [-0.39, 0.29) is 12.2 Å². The summed E-state index contributed by atoms with van der Waals surface area (Å²) in [4.78, 5) is 28.6. The second kappa shape index (κ2) is 8.19. The van der Waals surface area contributed by atoms with Crippen LogP contribution < -0.4 is 4.90 Å². The lowest BCUT2D eigenvalue weighted by molar-refractivity contribution is -0.136. The number of anilines is 1. The number of ketones is 1. The molecule has 0 saturated heterocycles. The number of rotatable bonds is 5. The number of amides is 1. The van der Waals surface area contributed by atoms with Crippen molar-refractivity contribution in [1.29, 1.82) is 0 Å². The number of Topliss-reactive ketones (excluding diaryl/α,β-unsaturated/α-hetero) is 1. The second-order valence-corrected chi connectivity index (χ2v) is 9.07. The van der Waals surface area contributed by atoms with Gasteiger partial charge in [0.15, 0.2) is 11.4 Å². The van der Waals surface area contributed by atoms with Crippen LogP contribution in [0.2, 0.25) is 5.02 Å². The van der Waals surface area contributed by atoms with Crippen molar-refractivity contribution in [2.75, 3.05) is 4.90 Å². The van der Waals surface area contributed by atoms with Crippen molar-refractivity contribution in [3.63, 3.8) is 0 Å². The minimum absolute atomic E-state index is 0.255. The lowest BCUT2D eigenvalue weighted by Crippen LogP contribution is -2.41. The number of fused-ring (bicyclic) bond motifs is 1. The molecular weight excluding hydrogens is 422 g/mol. The SMILES string of the molecule is Cc1cc(C)c(C)c(C(=O)C[C@@]2(O)C(=O)N(Cc3ccccc3)c3ccc(Cl)cc32)c1C. The predicted molar refractivity (Wildman–Crippen MR) is 127 cm³/mol. The van der Waals surface area contributed by atoms with Gasteiger partial charge in [0, 0.05) is 16.1 Å². The van der Waals surface area contributed by atoms with Crippen LogP contribution in [0.15, 0.2) is 54.6 Å². The number of hydrogen-bond acceptors (Lipinski definition) is 3. The van der Waals surface area contributed by atoms with Crippen LogP contribution >= 0.6 is 11.6 Å². The summed E-state index contributed by atoms with van der Waals surface area (Å²) in [5, 5.41) is 12.1. The lowest BCUT2D eigenvalue weighted by atomic mass is 9.84. The highest BCUT2D eigenvalue weighted by Gasteiger charge is 2.51. The molecule has 0 bridgehead atoms. The van der Waals surface area contributed by atoms with Gasteiger partial charge in [-0.05, 0) is 73.7 Å². The molecule has 32 heavy (non-hydrogen) atoms. The molecule has 0 saturated carbocycles. The van der Waals surface area contributed by atoms with Crippen LogP contribution in [0, 0.1) is 27.7 Å². The van der Waals surface area contributed by atoms with Gasteiger partial charge < -0.3 is 10.0 Å². The van der Waals surface area contributed by atoms with Crippen LogP contribution in [0.3, 0.4) is 0 Å². The van der Waals surface area contributed by atoms with E-state index in [4.69, 9.17) is 11.6 Å². The summed E-state index contributed by atoms with van der Waals surface area (Å²) >= 11 is 6.23. The smallest absolute Gasteiger partial charge is 0.264 e. The fourth-order valence-electron chi connectivity index (χ4n) is 4.57. The van der Waals surface area contributed by atoms with Gasteiger partial charge in [-0.2, -0.15) is 0 Å². The summed E-state index contributed by atoms with van der Waals surface area (Å²) < 4.78 is 0. The molecule has 0 fully saturated rings. The fraction of sp³-hybridized carbons (Fsp3) is 0.259. The standard InChI is InChI=1S/C27H26ClNO3/c1-16-12-17(2)19(4)25(18(16)3)24(30)14-27(32)22-13-21(28)10-11-23(22)29(26(27)31)15-20-8-6-5-7-9-20/h5-13,32H,14-15H2,1-4H3/t27-/m0/s1. The van der Waals surface area contributed by atoms with Gasteiger partial charge >= 0.3 is 0 Å². The second-order valence-electron chi connectivity index (χ2n) is 8.63. The van der Waals surface area contributed by atoms with Crippen molar-refractivity contribution in [1.82, 2.24) is 0 Å². The van der Waals surface area contributed by atoms with Gasteiger partial charge in [0.05, 0.1) is 18.7 Å². The summed E-state index contributed by atoms with van der Waals surface area (Å²) in [5.41, 5.74) is 4.26. The summed E-state index contributed by atoms with van der Waals surface area (Å²) in [6, 6.07) is 16.6. The Kier molecular flexibility index (Phi) is 5.70. The van der Waals surface area contributed by atoms with Crippen molar-refractivity contribution < 1.29 is 14.7 Å². The lowest BCUT2D eigenvalue weighted by Gasteiger charge is -2.24. The molecule has 1 aliphatic heterocycles. The Labute approximate surface area is 193 Å². The topological polar surface area (TPSA) is 57.6 Å². The van der Waals surface area contributed by atoms with Crippen LogP contribution in [0.4, 0.5) is 5.69 Å². The van der Waals surface area contributed by atoms with E-state index in [9.17, 15) is 14.7 Å². The van der Waals surface area contributed by atoms with E-state index in [0.717, 1.165) is 27.8 Å². The normalized spacial score (nSPS) is 17.6. The van der Waals surface area contributed by atoms with Crippen molar-refractivity contribution in [2.24, 2.45) is 0 Å². The molecule has 1 aliphatic rings. The maximum Gasteiger partial charge on any atom is 0.264 e. The minimum atomic E-state index is -1.97.